The highest BCUT2D eigenvalue weighted by Crippen LogP contribution is 2.26. The monoisotopic (exact) mass is 489 g/mol. The quantitative estimate of drug-likeness (QED) is 0.496. The molecule has 9 nitrogen and oxygen atoms in total. The standard InChI is InChI=1S/C24H31N3O6S/c1-32-17-5-14-25-23(28)18-12-15-27(16-13-18)24(29)19-8-10-20(11-9-19)34(30,31)26-21-6-3-4-7-22(21)33-2/h3-4,6-11,18,26H,5,12-17H2,1-2H3,(H,25,28). The number of likely N-dealkylation sites (tertiary alicyclic amines) is 1. The van der Waals surface area contributed by atoms with Crippen LogP contribution in [0.4, 0.5) is 5.69 Å². The van der Waals surface area contributed by atoms with Crippen LogP contribution in [0.5, 0.6) is 5.75 Å². The molecule has 1 aliphatic rings. The average molecular weight is 490 g/mol. The first kappa shape index (κ1) is 25.5. The predicted molar refractivity (Wildman–Crippen MR) is 128 cm³/mol. The second-order valence-electron chi connectivity index (χ2n) is 8.03. The third kappa shape index (κ3) is 6.48. The van der Waals surface area contributed by atoms with Gasteiger partial charge < -0.3 is 19.7 Å². The van der Waals surface area contributed by atoms with Gasteiger partial charge in [-0.2, -0.15) is 0 Å². The summed E-state index contributed by atoms with van der Waals surface area (Å²) in [6.45, 7) is 2.13. The second-order valence-corrected chi connectivity index (χ2v) is 9.72. The van der Waals surface area contributed by atoms with Crippen LogP contribution in [0.15, 0.2) is 53.4 Å². The summed E-state index contributed by atoms with van der Waals surface area (Å²) in [7, 11) is -0.760. The molecule has 0 spiro atoms. The Bertz CT molecular complexity index is 1080. The van der Waals surface area contributed by atoms with Crippen molar-refractivity contribution in [3.8, 4) is 5.75 Å². The van der Waals surface area contributed by atoms with Crippen molar-refractivity contribution in [2.24, 2.45) is 5.92 Å². The fourth-order valence-electron chi connectivity index (χ4n) is 3.81. The topological polar surface area (TPSA) is 114 Å². The maximum absolute atomic E-state index is 12.9. The fourth-order valence-corrected chi connectivity index (χ4v) is 4.88. The highest BCUT2D eigenvalue weighted by molar-refractivity contribution is 7.92. The fraction of sp³-hybridized carbons (Fsp3) is 0.417. The van der Waals surface area contributed by atoms with Crippen molar-refractivity contribution < 1.29 is 27.5 Å². The van der Waals surface area contributed by atoms with E-state index in [1.807, 2.05) is 0 Å². The number of nitrogens with one attached hydrogen (secondary N) is 2. The Labute approximate surface area is 200 Å². The summed E-state index contributed by atoms with van der Waals surface area (Å²) < 4.78 is 38.2. The Kier molecular flexibility index (Phi) is 8.89. The van der Waals surface area contributed by atoms with Crippen molar-refractivity contribution in [3.05, 3.63) is 54.1 Å². The first-order chi connectivity index (χ1) is 16.4. The van der Waals surface area contributed by atoms with Crippen LogP contribution < -0.4 is 14.8 Å². The minimum absolute atomic E-state index is 0.0142. The lowest BCUT2D eigenvalue weighted by atomic mass is 9.95. The molecule has 0 atom stereocenters. The van der Waals surface area contributed by atoms with Gasteiger partial charge in [-0.25, -0.2) is 8.42 Å². The Morgan fingerprint density at radius 1 is 1.03 bits per heavy atom. The van der Waals surface area contributed by atoms with E-state index in [1.165, 1.54) is 31.4 Å². The van der Waals surface area contributed by atoms with Crippen LogP contribution in [0.3, 0.4) is 0 Å². The van der Waals surface area contributed by atoms with Gasteiger partial charge in [0.2, 0.25) is 5.91 Å². The van der Waals surface area contributed by atoms with E-state index >= 15 is 0 Å². The first-order valence-electron chi connectivity index (χ1n) is 11.2. The zero-order chi connectivity index (χ0) is 24.6. The molecule has 2 amide bonds. The summed E-state index contributed by atoms with van der Waals surface area (Å²) >= 11 is 0. The Hall–Kier alpha value is -3.11. The number of anilines is 1. The van der Waals surface area contributed by atoms with E-state index in [1.54, 1.807) is 36.3 Å². The molecule has 0 aliphatic carbocycles. The Balaban J connectivity index is 1.56. The number of amides is 2. The summed E-state index contributed by atoms with van der Waals surface area (Å²) in [5.41, 5.74) is 0.731. The van der Waals surface area contributed by atoms with Gasteiger partial charge in [0.15, 0.2) is 0 Å². The van der Waals surface area contributed by atoms with E-state index in [9.17, 15) is 18.0 Å². The number of sulfonamides is 1. The van der Waals surface area contributed by atoms with E-state index in [0.29, 0.717) is 56.1 Å². The van der Waals surface area contributed by atoms with Gasteiger partial charge in [-0.3, -0.25) is 14.3 Å². The molecular formula is C24H31N3O6S. The number of rotatable bonds is 10. The maximum Gasteiger partial charge on any atom is 0.262 e. The van der Waals surface area contributed by atoms with Crippen molar-refractivity contribution >= 4 is 27.5 Å². The third-order valence-corrected chi connectivity index (χ3v) is 7.12. The summed E-state index contributed by atoms with van der Waals surface area (Å²) in [6.07, 6.45) is 1.95. The van der Waals surface area contributed by atoms with Gasteiger partial charge in [0.1, 0.15) is 5.75 Å². The van der Waals surface area contributed by atoms with Crippen molar-refractivity contribution in [2.45, 2.75) is 24.2 Å². The van der Waals surface area contributed by atoms with Gasteiger partial charge in [-0.05, 0) is 55.7 Å². The van der Waals surface area contributed by atoms with Crippen LogP contribution in [0.2, 0.25) is 0 Å². The predicted octanol–water partition coefficient (Wildman–Crippen LogP) is 2.50. The second kappa shape index (κ2) is 11.8. The molecule has 3 rings (SSSR count). The molecule has 0 radical (unpaired) electrons. The van der Waals surface area contributed by atoms with Gasteiger partial charge in [-0.15, -0.1) is 0 Å². The SMILES string of the molecule is COCCCNC(=O)C1CCN(C(=O)c2ccc(S(=O)(=O)Nc3ccccc3OC)cc2)CC1. The lowest BCUT2D eigenvalue weighted by Gasteiger charge is -2.31. The van der Waals surface area contributed by atoms with E-state index in [0.717, 1.165) is 6.42 Å². The summed E-state index contributed by atoms with van der Waals surface area (Å²) in [4.78, 5) is 26.9. The molecule has 34 heavy (non-hydrogen) atoms. The molecule has 1 heterocycles. The minimum Gasteiger partial charge on any atom is -0.495 e. The van der Waals surface area contributed by atoms with Gasteiger partial charge in [0.25, 0.3) is 15.9 Å². The number of ether oxygens (including phenoxy) is 2. The molecule has 0 aromatic heterocycles. The van der Waals surface area contributed by atoms with Gasteiger partial charge in [0.05, 0.1) is 17.7 Å². The molecule has 2 aromatic rings. The minimum atomic E-state index is -3.85. The Morgan fingerprint density at radius 3 is 2.35 bits per heavy atom. The van der Waals surface area contributed by atoms with E-state index in [4.69, 9.17) is 9.47 Å². The van der Waals surface area contributed by atoms with Gasteiger partial charge >= 0.3 is 0 Å². The lowest BCUT2D eigenvalue weighted by molar-refractivity contribution is -0.126. The molecule has 10 heteroatoms. The number of carbonyl (C=O) groups is 2. The van der Waals surface area contributed by atoms with Crippen molar-refractivity contribution in [1.29, 1.82) is 0 Å². The van der Waals surface area contributed by atoms with E-state index in [2.05, 4.69) is 10.0 Å². The number of piperidine rings is 1. The van der Waals surface area contributed by atoms with Crippen LogP contribution in [0.1, 0.15) is 29.6 Å². The van der Waals surface area contributed by atoms with Crippen LogP contribution in [-0.4, -0.2) is 65.6 Å². The smallest absolute Gasteiger partial charge is 0.262 e. The molecule has 0 bridgehead atoms. The summed E-state index contributed by atoms with van der Waals surface area (Å²) in [5, 5.41) is 2.91. The highest BCUT2D eigenvalue weighted by atomic mass is 32.2. The van der Waals surface area contributed by atoms with Crippen molar-refractivity contribution in [3.63, 3.8) is 0 Å². The molecule has 0 unspecified atom stereocenters. The van der Waals surface area contributed by atoms with Crippen LogP contribution in [-0.2, 0) is 19.6 Å². The highest BCUT2D eigenvalue weighted by Gasteiger charge is 2.28. The van der Waals surface area contributed by atoms with Gasteiger partial charge in [-0.1, -0.05) is 12.1 Å². The zero-order valence-corrected chi connectivity index (χ0v) is 20.3. The number of para-hydroxylation sites is 2. The largest absolute Gasteiger partial charge is 0.495 e. The molecule has 1 fully saturated rings. The summed E-state index contributed by atoms with van der Waals surface area (Å²) in [6, 6.07) is 12.6. The number of hydrogen-bond donors (Lipinski definition) is 2. The van der Waals surface area contributed by atoms with Crippen molar-refractivity contribution in [1.82, 2.24) is 10.2 Å². The number of benzene rings is 2. The number of hydrogen-bond acceptors (Lipinski definition) is 6. The molecule has 2 N–H and O–H groups in total. The molecule has 1 aliphatic heterocycles. The third-order valence-electron chi connectivity index (χ3n) is 5.74. The molecular weight excluding hydrogens is 458 g/mol. The zero-order valence-electron chi connectivity index (χ0n) is 19.5. The van der Waals surface area contributed by atoms with Crippen LogP contribution in [0, 0.1) is 5.92 Å². The van der Waals surface area contributed by atoms with Crippen LogP contribution in [0.25, 0.3) is 0 Å². The summed E-state index contributed by atoms with van der Waals surface area (Å²) in [5.74, 6) is 0.131. The van der Waals surface area contributed by atoms with Crippen molar-refractivity contribution in [2.75, 3.05) is 45.2 Å². The Morgan fingerprint density at radius 2 is 1.71 bits per heavy atom. The normalized spacial score (nSPS) is 14.5. The lowest BCUT2D eigenvalue weighted by Crippen LogP contribution is -2.43. The number of methoxy groups -OCH3 is 2. The maximum atomic E-state index is 12.9. The molecule has 2 aromatic carbocycles. The van der Waals surface area contributed by atoms with Gasteiger partial charge in [0, 0.05) is 44.8 Å². The number of nitrogens with zero attached hydrogens (tertiary/aromatic N) is 1. The first-order valence-corrected chi connectivity index (χ1v) is 12.7. The molecule has 1 saturated heterocycles. The molecule has 184 valence electrons. The van der Waals surface area contributed by atoms with E-state index in [-0.39, 0.29) is 22.6 Å². The van der Waals surface area contributed by atoms with E-state index < -0.39 is 10.0 Å². The number of carbonyl (C=O) groups excluding carboxylic acids is 2. The molecule has 0 saturated carbocycles. The van der Waals surface area contributed by atoms with Crippen LogP contribution >= 0.6 is 0 Å². The average Bonchev–Trinajstić information content (AvgIpc) is 2.86.